The number of halogens is 4. The summed E-state index contributed by atoms with van der Waals surface area (Å²) in [4.78, 5) is 12.3. The first-order valence-electron chi connectivity index (χ1n) is 7.86. The van der Waals surface area contributed by atoms with E-state index in [1.165, 1.54) is 12.3 Å². The van der Waals surface area contributed by atoms with Crippen LogP contribution in [0.2, 0.25) is 0 Å². The molecular weight excluding hydrogens is 494 g/mol. The number of aromatic nitrogens is 2. The summed E-state index contributed by atoms with van der Waals surface area (Å²) >= 11 is 1.61. The van der Waals surface area contributed by atoms with Gasteiger partial charge in [0.25, 0.3) is 0 Å². The fraction of sp³-hybridized carbons (Fsp3) is 0.438. The summed E-state index contributed by atoms with van der Waals surface area (Å²) in [6.07, 6.45) is -2.21. The second kappa shape index (κ2) is 11.3. The maximum absolute atomic E-state index is 12.2. The Bertz CT molecular complexity index is 739. The average molecular weight is 515 g/mol. The highest BCUT2D eigenvalue weighted by molar-refractivity contribution is 14.0. The van der Waals surface area contributed by atoms with Crippen molar-refractivity contribution >= 4 is 41.3 Å². The molecule has 0 saturated carbocycles. The van der Waals surface area contributed by atoms with Crippen LogP contribution in [0.3, 0.4) is 0 Å². The first-order chi connectivity index (χ1) is 12.4. The van der Waals surface area contributed by atoms with Crippen LogP contribution in [-0.2, 0) is 13.0 Å². The number of ether oxygens (including phenoxy) is 1. The number of thiazole rings is 1. The number of pyridine rings is 1. The van der Waals surface area contributed by atoms with Gasteiger partial charge in [0.2, 0.25) is 5.88 Å². The molecule has 0 atom stereocenters. The molecule has 0 aliphatic rings. The van der Waals surface area contributed by atoms with Crippen molar-refractivity contribution in [2.45, 2.75) is 26.1 Å². The predicted octanol–water partition coefficient (Wildman–Crippen LogP) is 3.31. The van der Waals surface area contributed by atoms with E-state index in [2.05, 4.69) is 30.3 Å². The van der Waals surface area contributed by atoms with Gasteiger partial charge in [0.05, 0.1) is 10.7 Å². The lowest BCUT2D eigenvalue weighted by molar-refractivity contribution is -0.154. The summed E-state index contributed by atoms with van der Waals surface area (Å²) in [5.74, 6) is 0.523. The van der Waals surface area contributed by atoms with Crippen molar-refractivity contribution in [3.05, 3.63) is 40.0 Å². The lowest BCUT2D eigenvalue weighted by atomic mass is 10.2. The molecule has 0 aliphatic carbocycles. The number of guanidine groups is 1. The Balaban J connectivity index is 0.00000364. The lowest BCUT2D eigenvalue weighted by Gasteiger charge is -2.12. The second-order valence-electron chi connectivity index (χ2n) is 5.37. The highest BCUT2D eigenvalue weighted by Crippen LogP contribution is 2.17. The SMILES string of the molecule is CN=C(NCCc1csc(C)n1)NCc1ccnc(OCC(F)(F)F)c1.I. The van der Waals surface area contributed by atoms with Gasteiger partial charge in [-0.25, -0.2) is 9.97 Å². The van der Waals surface area contributed by atoms with E-state index < -0.39 is 12.8 Å². The molecule has 0 amide bonds. The molecule has 0 unspecified atom stereocenters. The maximum atomic E-state index is 12.2. The number of aryl methyl sites for hydroxylation is 1. The maximum Gasteiger partial charge on any atom is 0.422 e. The summed E-state index contributed by atoms with van der Waals surface area (Å²) in [7, 11) is 1.65. The molecular formula is C16H21F3IN5OS. The zero-order chi connectivity index (χ0) is 19.0. The van der Waals surface area contributed by atoms with Gasteiger partial charge >= 0.3 is 6.18 Å². The fourth-order valence-electron chi connectivity index (χ4n) is 2.03. The van der Waals surface area contributed by atoms with Crippen molar-refractivity contribution in [1.29, 1.82) is 0 Å². The molecule has 0 saturated heterocycles. The molecule has 2 aromatic heterocycles. The molecule has 0 bridgehead atoms. The monoisotopic (exact) mass is 515 g/mol. The van der Waals surface area contributed by atoms with Crippen molar-refractivity contribution in [1.82, 2.24) is 20.6 Å². The normalized spacial score (nSPS) is 11.7. The molecule has 6 nitrogen and oxygen atoms in total. The van der Waals surface area contributed by atoms with Gasteiger partial charge in [-0.05, 0) is 18.6 Å². The van der Waals surface area contributed by atoms with Gasteiger partial charge in [-0.2, -0.15) is 13.2 Å². The molecule has 2 heterocycles. The molecule has 0 aromatic carbocycles. The van der Waals surface area contributed by atoms with E-state index in [-0.39, 0.29) is 29.9 Å². The Labute approximate surface area is 176 Å². The zero-order valence-corrected chi connectivity index (χ0v) is 18.0. The highest BCUT2D eigenvalue weighted by Gasteiger charge is 2.28. The van der Waals surface area contributed by atoms with Gasteiger partial charge in [-0.1, -0.05) is 0 Å². The number of aliphatic imine (C=N–C) groups is 1. The lowest BCUT2D eigenvalue weighted by Crippen LogP contribution is -2.37. The molecule has 2 N–H and O–H groups in total. The van der Waals surface area contributed by atoms with Crippen molar-refractivity contribution < 1.29 is 17.9 Å². The standard InChI is InChI=1S/C16H20F3N5OS.HI/c1-11-24-13(9-26-11)4-6-22-15(20-2)23-8-12-3-5-21-14(7-12)25-10-16(17,18)19;/h3,5,7,9H,4,6,8,10H2,1-2H3,(H2,20,22,23);1H. The summed E-state index contributed by atoms with van der Waals surface area (Å²) in [6.45, 7) is 1.64. The van der Waals surface area contributed by atoms with Gasteiger partial charge < -0.3 is 15.4 Å². The molecule has 11 heteroatoms. The third-order valence-electron chi connectivity index (χ3n) is 3.21. The van der Waals surface area contributed by atoms with Crippen molar-refractivity contribution in [2.24, 2.45) is 4.99 Å². The number of hydrogen-bond donors (Lipinski definition) is 2. The van der Waals surface area contributed by atoms with Crippen LogP contribution in [-0.4, -0.2) is 42.3 Å². The number of rotatable bonds is 7. The van der Waals surface area contributed by atoms with Crippen molar-refractivity contribution in [3.8, 4) is 5.88 Å². The summed E-state index contributed by atoms with van der Waals surface area (Å²) in [6, 6.07) is 3.16. The Morgan fingerprint density at radius 1 is 1.33 bits per heavy atom. The number of hydrogen-bond acceptors (Lipinski definition) is 5. The first-order valence-corrected chi connectivity index (χ1v) is 8.73. The van der Waals surface area contributed by atoms with Crippen molar-refractivity contribution in [2.75, 3.05) is 20.2 Å². The van der Waals surface area contributed by atoms with E-state index in [0.29, 0.717) is 19.0 Å². The third kappa shape index (κ3) is 9.22. The zero-order valence-electron chi connectivity index (χ0n) is 14.8. The average Bonchev–Trinajstić information content (AvgIpc) is 3.01. The quantitative estimate of drug-likeness (QED) is 0.337. The molecule has 0 fully saturated rings. The van der Waals surface area contributed by atoms with Gasteiger partial charge in [-0.3, -0.25) is 4.99 Å². The topological polar surface area (TPSA) is 71.4 Å². The van der Waals surface area contributed by atoms with E-state index in [4.69, 9.17) is 0 Å². The predicted molar refractivity (Wildman–Crippen MR) is 110 cm³/mol. The summed E-state index contributed by atoms with van der Waals surface area (Å²) in [5.41, 5.74) is 1.76. The number of nitrogens with one attached hydrogen (secondary N) is 2. The minimum atomic E-state index is -4.39. The number of alkyl halides is 3. The van der Waals surface area contributed by atoms with Crippen LogP contribution in [0.1, 0.15) is 16.3 Å². The van der Waals surface area contributed by atoms with E-state index in [1.807, 2.05) is 12.3 Å². The first kappa shape index (κ1) is 23.4. The largest absolute Gasteiger partial charge is 0.468 e. The van der Waals surface area contributed by atoms with Crippen LogP contribution in [0, 0.1) is 6.92 Å². The van der Waals surface area contributed by atoms with Crippen LogP contribution in [0.5, 0.6) is 5.88 Å². The van der Waals surface area contributed by atoms with Gasteiger partial charge in [-0.15, -0.1) is 35.3 Å². The molecule has 0 spiro atoms. The van der Waals surface area contributed by atoms with E-state index in [0.717, 1.165) is 22.7 Å². The van der Waals surface area contributed by atoms with Crippen LogP contribution in [0.15, 0.2) is 28.7 Å². The van der Waals surface area contributed by atoms with Gasteiger partial charge in [0, 0.05) is 44.2 Å². The molecule has 27 heavy (non-hydrogen) atoms. The van der Waals surface area contributed by atoms with E-state index >= 15 is 0 Å². The highest BCUT2D eigenvalue weighted by atomic mass is 127. The molecule has 0 radical (unpaired) electrons. The van der Waals surface area contributed by atoms with Crippen molar-refractivity contribution in [3.63, 3.8) is 0 Å². The van der Waals surface area contributed by atoms with Crippen LogP contribution >= 0.6 is 35.3 Å². The van der Waals surface area contributed by atoms with Gasteiger partial charge in [0.15, 0.2) is 12.6 Å². The Kier molecular flexibility index (Phi) is 9.77. The molecule has 0 aliphatic heterocycles. The van der Waals surface area contributed by atoms with Gasteiger partial charge in [0.1, 0.15) is 0 Å². The smallest absolute Gasteiger partial charge is 0.422 e. The van der Waals surface area contributed by atoms with Crippen LogP contribution < -0.4 is 15.4 Å². The Morgan fingerprint density at radius 3 is 2.74 bits per heavy atom. The minimum absolute atomic E-state index is 0. The Morgan fingerprint density at radius 2 is 2.11 bits per heavy atom. The third-order valence-corrected chi connectivity index (χ3v) is 4.03. The number of nitrogens with zero attached hydrogens (tertiary/aromatic N) is 3. The molecule has 150 valence electrons. The summed E-state index contributed by atoms with van der Waals surface area (Å²) < 4.78 is 41.2. The van der Waals surface area contributed by atoms with E-state index in [1.54, 1.807) is 24.5 Å². The van der Waals surface area contributed by atoms with E-state index in [9.17, 15) is 13.2 Å². The summed E-state index contributed by atoms with van der Waals surface area (Å²) in [5, 5.41) is 9.31. The molecule has 2 aromatic rings. The Hall–Kier alpha value is -1.63. The second-order valence-corrected chi connectivity index (χ2v) is 6.43. The fourth-order valence-corrected chi connectivity index (χ4v) is 2.68. The molecule has 2 rings (SSSR count). The minimum Gasteiger partial charge on any atom is -0.468 e. The van der Waals surface area contributed by atoms with Crippen LogP contribution in [0.25, 0.3) is 0 Å². The van der Waals surface area contributed by atoms with Crippen LogP contribution in [0.4, 0.5) is 13.2 Å².